The fourth-order valence-electron chi connectivity index (χ4n) is 6.50. The smallest absolute Gasteiger partial charge is 0.144 e. The molecule has 9 rings (SSSR count). The number of para-hydroxylation sites is 3. The van der Waals surface area contributed by atoms with Crippen LogP contribution in [0.4, 0.5) is 0 Å². The third-order valence-electron chi connectivity index (χ3n) is 8.25. The van der Waals surface area contributed by atoms with Crippen LogP contribution in [-0.4, -0.2) is 0 Å². The maximum Gasteiger partial charge on any atom is 0.144 e. The summed E-state index contributed by atoms with van der Waals surface area (Å²) in [6.45, 7) is 0. The molecule has 40 heavy (non-hydrogen) atoms. The van der Waals surface area contributed by atoms with Crippen molar-refractivity contribution in [3.63, 3.8) is 0 Å². The molecule has 7 aromatic carbocycles. The van der Waals surface area contributed by atoms with Crippen LogP contribution in [0.5, 0.6) is 0 Å². The minimum Gasteiger partial charge on any atom is -0.455 e. The van der Waals surface area contributed by atoms with Crippen LogP contribution in [0.1, 0.15) is 0 Å². The van der Waals surface area contributed by atoms with E-state index in [1.54, 1.807) is 0 Å². The molecule has 0 radical (unpaired) electrons. The van der Waals surface area contributed by atoms with Gasteiger partial charge in [-0.2, -0.15) is 0 Å². The minimum atomic E-state index is 0.882. The summed E-state index contributed by atoms with van der Waals surface area (Å²) in [4.78, 5) is 0. The van der Waals surface area contributed by atoms with Gasteiger partial charge in [-0.15, -0.1) is 0 Å². The Morgan fingerprint density at radius 3 is 1.80 bits per heavy atom. The van der Waals surface area contributed by atoms with Crippen molar-refractivity contribution < 1.29 is 8.83 Å². The molecule has 2 aromatic heterocycles. The summed E-state index contributed by atoms with van der Waals surface area (Å²) in [6.07, 6.45) is 0. The molecule has 0 aliphatic carbocycles. The first kappa shape index (κ1) is 21.6. The summed E-state index contributed by atoms with van der Waals surface area (Å²) in [5.74, 6) is 0. The minimum absolute atomic E-state index is 0.882. The lowest BCUT2D eigenvalue weighted by atomic mass is 9.87. The van der Waals surface area contributed by atoms with E-state index in [1.807, 2.05) is 18.2 Å². The van der Waals surface area contributed by atoms with Gasteiger partial charge in [0, 0.05) is 38.2 Å². The van der Waals surface area contributed by atoms with E-state index in [-0.39, 0.29) is 0 Å². The van der Waals surface area contributed by atoms with Gasteiger partial charge in [0.2, 0.25) is 0 Å². The van der Waals surface area contributed by atoms with E-state index in [2.05, 4.69) is 115 Å². The van der Waals surface area contributed by atoms with Gasteiger partial charge in [0.15, 0.2) is 0 Å². The number of hydrogen-bond donors (Lipinski definition) is 0. The molecule has 0 aliphatic rings. The second-order valence-electron chi connectivity index (χ2n) is 10.4. The molecule has 0 atom stereocenters. The average Bonchev–Trinajstić information content (AvgIpc) is 3.58. The fraction of sp³-hybridized carbons (Fsp3) is 0. The monoisotopic (exact) mass is 510 g/mol. The second-order valence-corrected chi connectivity index (χ2v) is 10.4. The van der Waals surface area contributed by atoms with Crippen LogP contribution >= 0.6 is 0 Å². The highest BCUT2D eigenvalue weighted by molar-refractivity contribution is 6.28. The maximum absolute atomic E-state index is 6.78. The number of fused-ring (bicyclic) bond motifs is 8. The standard InChI is InChI=1S/C38H22O2/c1-2-11-24-22-25(21-20-23(24)10-1)34-27-13-3-4-14-28(27)35(38-36(34)30-15-6-8-19-33(30)40-38)31-17-9-16-29-26-12-5-7-18-32(26)39-37(29)31/h1-22H. The molecule has 186 valence electrons. The molecule has 0 spiro atoms. The van der Waals surface area contributed by atoms with Gasteiger partial charge < -0.3 is 8.83 Å². The molecule has 0 bridgehead atoms. The first-order valence-electron chi connectivity index (χ1n) is 13.6. The topological polar surface area (TPSA) is 26.3 Å². The summed E-state index contributed by atoms with van der Waals surface area (Å²) in [7, 11) is 0. The first-order chi connectivity index (χ1) is 19.8. The van der Waals surface area contributed by atoms with Crippen LogP contribution in [0.3, 0.4) is 0 Å². The molecular weight excluding hydrogens is 488 g/mol. The maximum atomic E-state index is 6.78. The van der Waals surface area contributed by atoms with Crippen molar-refractivity contribution in [1.82, 2.24) is 0 Å². The average molecular weight is 511 g/mol. The van der Waals surface area contributed by atoms with Crippen molar-refractivity contribution in [2.75, 3.05) is 0 Å². The SMILES string of the molecule is c1ccc2cc(-c3c4ccccc4c(-c4cccc5c4oc4ccccc45)c4oc5ccccc5c34)ccc2c1. The van der Waals surface area contributed by atoms with Crippen molar-refractivity contribution >= 4 is 65.4 Å². The van der Waals surface area contributed by atoms with E-state index >= 15 is 0 Å². The summed E-state index contributed by atoms with van der Waals surface area (Å²) >= 11 is 0. The summed E-state index contributed by atoms with van der Waals surface area (Å²) in [5.41, 5.74) is 8.03. The first-order valence-corrected chi connectivity index (χ1v) is 13.6. The highest BCUT2D eigenvalue weighted by atomic mass is 16.3. The van der Waals surface area contributed by atoms with Crippen molar-refractivity contribution in [3.8, 4) is 22.3 Å². The highest BCUT2D eigenvalue weighted by Gasteiger charge is 2.24. The van der Waals surface area contributed by atoms with Crippen LogP contribution < -0.4 is 0 Å². The number of benzene rings is 7. The van der Waals surface area contributed by atoms with E-state index in [4.69, 9.17) is 8.83 Å². The van der Waals surface area contributed by atoms with Crippen LogP contribution in [0.25, 0.3) is 87.7 Å². The van der Waals surface area contributed by atoms with E-state index in [0.29, 0.717) is 0 Å². The number of rotatable bonds is 2. The van der Waals surface area contributed by atoms with Gasteiger partial charge in [0.05, 0.1) is 0 Å². The van der Waals surface area contributed by atoms with Crippen LogP contribution in [0.2, 0.25) is 0 Å². The van der Waals surface area contributed by atoms with Gasteiger partial charge in [-0.05, 0) is 45.3 Å². The molecule has 0 unspecified atom stereocenters. The Morgan fingerprint density at radius 2 is 0.975 bits per heavy atom. The summed E-state index contributed by atoms with van der Waals surface area (Å²) in [6, 6.07) is 47.1. The quantitative estimate of drug-likeness (QED) is 0.231. The van der Waals surface area contributed by atoms with E-state index in [9.17, 15) is 0 Å². The van der Waals surface area contributed by atoms with Gasteiger partial charge >= 0.3 is 0 Å². The lowest BCUT2D eigenvalue weighted by molar-refractivity contribution is 0.665. The Kier molecular flexibility index (Phi) is 4.36. The molecule has 0 saturated heterocycles. The molecule has 2 nitrogen and oxygen atoms in total. The van der Waals surface area contributed by atoms with E-state index in [0.717, 1.165) is 60.4 Å². The molecule has 0 amide bonds. The van der Waals surface area contributed by atoms with Gasteiger partial charge in [-0.3, -0.25) is 0 Å². The molecule has 0 N–H and O–H groups in total. The van der Waals surface area contributed by atoms with Crippen LogP contribution in [-0.2, 0) is 0 Å². The number of furan rings is 2. The summed E-state index contributed by atoms with van der Waals surface area (Å²) < 4.78 is 13.3. The zero-order valence-electron chi connectivity index (χ0n) is 21.5. The van der Waals surface area contributed by atoms with Crippen molar-refractivity contribution in [1.29, 1.82) is 0 Å². The molecule has 0 fully saturated rings. The van der Waals surface area contributed by atoms with Gasteiger partial charge in [-0.25, -0.2) is 0 Å². The molecule has 2 heterocycles. The summed E-state index contributed by atoms with van der Waals surface area (Å²) in [5, 5.41) is 9.28. The second kappa shape index (κ2) is 8.08. The molecule has 9 aromatic rings. The molecular formula is C38H22O2. The Morgan fingerprint density at radius 1 is 0.375 bits per heavy atom. The molecule has 0 saturated carbocycles. The lowest BCUT2D eigenvalue weighted by Gasteiger charge is -2.15. The van der Waals surface area contributed by atoms with Crippen LogP contribution in [0, 0.1) is 0 Å². The fourth-order valence-corrected chi connectivity index (χ4v) is 6.50. The Labute approximate surface area is 229 Å². The zero-order chi connectivity index (χ0) is 26.2. The van der Waals surface area contributed by atoms with Crippen molar-refractivity contribution in [3.05, 3.63) is 133 Å². The normalized spacial score (nSPS) is 12.0. The Bertz CT molecular complexity index is 2440. The predicted molar refractivity (Wildman–Crippen MR) is 167 cm³/mol. The van der Waals surface area contributed by atoms with Gasteiger partial charge in [0.1, 0.15) is 22.3 Å². The van der Waals surface area contributed by atoms with E-state index in [1.165, 1.54) is 27.3 Å². The third kappa shape index (κ3) is 2.93. The lowest BCUT2D eigenvalue weighted by Crippen LogP contribution is -1.89. The van der Waals surface area contributed by atoms with Gasteiger partial charge in [0.25, 0.3) is 0 Å². The molecule has 2 heteroatoms. The Balaban J connectivity index is 1.50. The molecule has 0 aliphatic heterocycles. The highest BCUT2D eigenvalue weighted by Crippen LogP contribution is 2.49. The largest absolute Gasteiger partial charge is 0.455 e. The zero-order valence-corrected chi connectivity index (χ0v) is 21.5. The predicted octanol–water partition coefficient (Wildman–Crippen LogP) is 11.1. The van der Waals surface area contributed by atoms with Crippen molar-refractivity contribution in [2.45, 2.75) is 0 Å². The van der Waals surface area contributed by atoms with Gasteiger partial charge in [-0.1, -0.05) is 115 Å². The van der Waals surface area contributed by atoms with E-state index < -0.39 is 0 Å². The number of hydrogen-bond acceptors (Lipinski definition) is 2. The van der Waals surface area contributed by atoms with Crippen LogP contribution in [0.15, 0.2) is 142 Å². The third-order valence-corrected chi connectivity index (χ3v) is 8.25. The Hall–Kier alpha value is -5.34. The van der Waals surface area contributed by atoms with Crippen molar-refractivity contribution in [2.24, 2.45) is 0 Å².